The number of pyridine rings is 1. The first-order chi connectivity index (χ1) is 9.20. The molecule has 1 heterocycles. The van der Waals surface area contributed by atoms with Crippen LogP contribution in [0.4, 0.5) is 0 Å². The number of nitrogens with zero attached hydrogens (tertiary/aromatic N) is 3. The molecule has 0 atom stereocenters. The van der Waals surface area contributed by atoms with E-state index in [0.29, 0.717) is 17.8 Å². The summed E-state index contributed by atoms with van der Waals surface area (Å²) in [4.78, 5) is 17.7. The fraction of sp³-hybridized carbons (Fsp3) is 0.133. The Hall–Kier alpha value is -2.67. The van der Waals surface area contributed by atoms with E-state index in [1.165, 1.54) is 0 Å². The van der Waals surface area contributed by atoms with Gasteiger partial charge in [-0.15, -0.1) is 0 Å². The molecule has 0 radical (unpaired) electrons. The van der Waals surface area contributed by atoms with Crippen molar-refractivity contribution in [3.8, 4) is 6.07 Å². The zero-order valence-corrected chi connectivity index (χ0v) is 10.6. The number of hydrogen-bond donors (Lipinski definition) is 0. The highest BCUT2D eigenvalue weighted by atomic mass is 16.2. The van der Waals surface area contributed by atoms with Gasteiger partial charge in [0.25, 0.3) is 5.91 Å². The number of aromatic nitrogens is 1. The fourth-order valence-corrected chi connectivity index (χ4v) is 1.72. The molecule has 94 valence electrons. The van der Waals surface area contributed by atoms with Crippen LogP contribution in [-0.2, 0) is 6.54 Å². The minimum atomic E-state index is -0.120. The van der Waals surface area contributed by atoms with E-state index >= 15 is 0 Å². The van der Waals surface area contributed by atoms with Gasteiger partial charge in [0.2, 0.25) is 0 Å². The Morgan fingerprint density at radius 1 is 1.26 bits per heavy atom. The summed E-state index contributed by atoms with van der Waals surface area (Å²) in [6.45, 7) is 0.487. The Morgan fingerprint density at radius 2 is 2.00 bits per heavy atom. The van der Waals surface area contributed by atoms with Crippen molar-refractivity contribution in [3.05, 3.63) is 65.5 Å². The largest absolute Gasteiger partial charge is 0.336 e. The van der Waals surface area contributed by atoms with Crippen LogP contribution in [0.3, 0.4) is 0 Å². The lowest BCUT2D eigenvalue weighted by molar-refractivity contribution is 0.0779. The van der Waals surface area contributed by atoms with Crippen molar-refractivity contribution >= 4 is 5.91 Å². The van der Waals surface area contributed by atoms with Crippen molar-refractivity contribution in [2.45, 2.75) is 6.54 Å². The summed E-state index contributed by atoms with van der Waals surface area (Å²) in [6.07, 6.45) is 1.60. The van der Waals surface area contributed by atoms with Gasteiger partial charge in [-0.05, 0) is 29.8 Å². The van der Waals surface area contributed by atoms with Crippen molar-refractivity contribution in [1.82, 2.24) is 9.88 Å². The predicted octanol–water partition coefficient (Wildman–Crippen LogP) is 2.23. The third-order valence-electron chi connectivity index (χ3n) is 2.73. The monoisotopic (exact) mass is 251 g/mol. The molecule has 0 saturated heterocycles. The summed E-state index contributed by atoms with van der Waals surface area (Å²) in [7, 11) is 1.73. The minimum absolute atomic E-state index is 0.120. The second-order valence-electron chi connectivity index (χ2n) is 4.18. The number of carbonyl (C=O) groups excluding carboxylic acids is 1. The molecule has 19 heavy (non-hydrogen) atoms. The fourth-order valence-electron chi connectivity index (χ4n) is 1.72. The van der Waals surface area contributed by atoms with Gasteiger partial charge in [-0.25, -0.2) is 0 Å². The van der Waals surface area contributed by atoms with Gasteiger partial charge in [0.15, 0.2) is 0 Å². The van der Waals surface area contributed by atoms with Crippen molar-refractivity contribution in [1.29, 1.82) is 5.26 Å². The highest BCUT2D eigenvalue weighted by Gasteiger charge is 2.12. The summed E-state index contributed by atoms with van der Waals surface area (Å²) < 4.78 is 0. The number of nitriles is 1. The standard InChI is InChI=1S/C15H13N3O/c1-18(15(19)14-4-2-3-9-17-14)11-13-7-5-12(10-16)6-8-13/h2-9H,11H2,1H3. The maximum atomic E-state index is 12.1. The van der Waals surface area contributed by atoms with Gasteiger partial charge >= 0.3 is 0 Å². The molecule has 1 amide bonds. The van der Waals surface area contributed by atoms with Gasteiger partial charge in [0.05, 0.1) is 11.6 Å². The Labute approximate surface area is 111 Å². The molecule has 0 fully saturated rings. The minimum Gasteiger partial charge on any atom is -0.336 e. The third-order valence-corrected chi connectivity index (χ3v) is 2.73. The average Bonchev–Trinajstić information content (AvgIpc) is 2.48. The maximum Gasteiger partial charge on any atom is 0.272 e. The number of amides is 1. The number of benzene rings is 1. The molecule has 4 heteroatoms. The third kappa shape index (κ3) is 3.17. The molecular weight excluding hydrogens is 238 g/mol. The lowest BCUT2D eigenvalue weighted by Gasteiger charge is -2.16. The van der Waals surface area contributed by atoms with E-state index in [-0.39, 0.29) is 5.91 Å². The van der Waals surface area contributed by atoms with E-state index in [1.54, 1.807) is 48.5 Å². The normalized spacial score (nSPS) is 9.68. The van der Waals surface area contributed by atoms with Gasteiger partial charge < -0.3 is 4.90 Å². The van der Waals surface area contributed by atoms with Gasteiger partial charge in [-0.3, -0.25) is 9.78 Å². The summed E-state index contributed by atoms with van der Waals surface area (Å²) in [5.41, 5.74) is 2.02. The highest BCUT2D eigenvalue weighted by Crippen LogP contribution is 2.08. The molecule has 1 aromatic carbocycles. The molecular formula is C15H13N3O. The smallest absolute Gasteiger partial charge is 0.272 e. The second-order valence-corrected chi connectivity index (χ2v) is 4.18. The van der Waals surface area contributed by atoms with Crippen LogP contribution in [0.5, 0.6) is 0 Å². The van der Waals surface area contributed by atoms with Crippen molar-refractivity contribution in [2.75, 3.05) is 7.05 Å². The van der Waals surface area contributed by atoms with Crippen molar-refractivity contribution in [3.63, 3.8) is 0 Å². The first-order valence-electron chi connectivity index (χ1n) is 5.86. The van der Waals surface area contributed by atoms with Crippen molar-refractivity contribution in [2.24, 2.45) is 0 Å². The number of hydrogen-bond acceptors (Lipinski definition) is 3. The number of rotatable bonds is 3. The van der Waals surface area contributed by atoms with Crippen LogP contribution in [0.2, 0.25) is 0 Å². The second kappa shape index (κ2) is 5.78. The maximum absolute atomic E-state index is 12.1. The molecule has 0 unspecified atom stereocenters. The molecule has 2 aromatic rings. The van der Waals surface area contributed by atoms with Gasteiger partial charge in [-0.1, -0.05) is 18.2 Å². The van der Waals surface area contributed by atoms with E-state index < -0.39 is 0 Å². The molecule has 0 saturated carbocycles. The molecule has 2 rings (SSSR count). The van der Waals surface area contributed by atoms with Crippen LogP contribution in [0.1, 0.15) is 21.6 Å². The molecule has 1 aromatic heterocycles. The van der Waals surface area contributed by atoms with Crippen LogP contribution in [-0.4, -0.2) is 22.8 Å². The average molecular weight is 251 g/mol. The first kappa shape index (κ1) is 12.8. The lowest BCUT2D eigenvalue weighted by Crippen LogP contribution is -2.26. The quantitative estimate of drug-likeness (QED) is 0.840. The predicted molar refractivity (Wildman–Crippen MR) is 71.2 cm³/mol. The molecule has 0 spiro atoms. The van der Waals surface area contributed by atoms with Crippen LogP contribution in [0.25, 0.3) is 0 Å². The zero-order chi connectivity index (χ0) is 13.7. The lowest BCUT2D eigenvalue weighted by atomic mass is 10.1. The van der Waals surface area contributed by atoms with Crippen molar-refractivity contribution < 1.29 is 4.79 Å². The van der Waals surface area contributed by atoms with Gasteiger partial charge in [0, 0.05) is 19.8 Å². The summed E-state index contributed by atoms with van der Waals surface area (Å²) >= 11 is 0. The molecule has 0 aliphatic carbocycles. The Bertz CT molecular complexity index is 600. The van der Waals surface area contributed by atoms with E-state index in [9.17, 15) is 4.79 Å². The molecule has 0 aliphatic rings. The van der Waals surface area contributed by atoms with Crippen LogP contribution in [0, 0.1) is 11.3 Å². The van der Waals surface area contributed by atoms with Gasteiger partial charge in [-0.2, -0.15) is 5.26 Å². The molecule has 0 aliphatic heterocycles. The van der Waals surface area contributed by atoms with E-state index in [2.05, 4.69) is 11.1 Å². The SMILES string of the molecule is CN(Cc1ccc(C#N)cc1)C(=O)c1ccccn1. The molecule has 0 N–H and O–H groups in total. The summed E-state index contributed by atoms with van der Waals surface area (Å²) in [5, 5.41) is 8.72. The van der Waals surface area contributed by atoms with Crippen LogP contribution >= 0.6 is 0 Å². The number of carbonyl (C=O) groups is 1. The zero-order valence-electron chi connectivity index (χ0n) is 10.6. The Morgan fingerprint density at radius 3 is 2.58 bits per heavy atom. The summed E-state index contributed by atoms with van der Waals surface area (Å²) in [5.74, 6) is -0.120. The Kier molecular flexibility index (Phi) is 3.89. The highest BCUT2D eigenvalue weighted by molar-refractivity contribution is 5.91. The van der Waals surface area contributed by atoms with Crippen LogP contribution in [0.15, 0.2) is 48.7 Å². The molecule has 0 bridgehead atoms. The molecule has 4 nitrogen and oxygen atoms in total. The van der Waals surface area contributed by atoms with Crippen LogP contribution < -0.4 is 0 Å². The first-order valence-corrected chi connectivity index (χ1v) is 5.86. The van der Waals surface area contributed by atoms with Gasteiger partial charge in [0.1, 0.15) is 5.69 Å². The Balaban J connectivity index is 2.06. The topological polar surface area (TPSA) is 57.0 Å². The van der Waals surface area contributed by atoms with E-state index in [0.717, 1.165) is 5.56 Å². The summed E-state index contributed by atoms with van der Waals surface area (Å²) in [6, 6.07) is 14.5. The van der Waals surface area contributed by atoms with E-state index in [1.807, 2.05) is 12.1 Å². The van der Waals surface area contributed by atoms with E-state index in [4.69, 9.17) is 5.26 Å².